The summed E-state index contributed by atoms with van der Waals surface area (Å²) in [5.41, 5.74) is 0.0116. The van der Waals surface area contributed by atoms with Crippen LogP contribution in [-0.4, -0.2) is 52.3 Å². The summed E-state index contributed by atoms with van der Waals surface area (Å²) in [5, 5.41) is 13.5. The Labute approximate surface area is 157 Å². The van der Waals surface area contributed by atoms with Gasteiger partial charge < -0.3 is 15.2 Å². The number of aliphatic hydroxyl groups is 1. The number of rotatable bonds is 7. The number of carbonyl (C=O) groups excluding carboxylic acids is 2. The van der Waals surface area contributed by atoms with Crippen LogP contribution in [0.4, 0.5) is 0 Å². The average Bonchev–Trinajstić information content (AvgIpc) is 2.93. The van der Waals surface area contributed by atoms with Gasteiger partial charge in [0.2, 0.25) is 5.91 Å². The maximum absolute atomic E-state index is 12.8. The van der Waals surface area contributed by atoms with E-state index in [0.717, 1.165) is 0 Å². The van der Waals surface area contributed by atoms with Crippen molar-refractivity contribution in [2.24, 2.45) is 5.92 Å². The highest BCUT2D eigenvalue weighted by molar-refractivity contribution is 5.77. The molecule has 1 rings (SSSR count). The third kappa shape index (κ3) is 6.25. The fourth-order valence-electron chi connectivity index (χ4n) is 3.20. The molecule has 0 aromatic heterocycles. The standard InChI is InChI=1S/C20H34N2O4/c1-8-10-15-11-16(19(25)26-20(5,6)7)22(12-15)18(21-14(4)23)17(24)13(3)9-2/h8,10,15-18,24H,3,9,11-12H2,1-2,4-7H3,(H,21,23)/b10-8-. The number of nitrogens with zero attached hydrogens (tertiary/aromatic N) is 1. The molecule has 4 unspecified atom stereocenters. The van der Waals surface area contributed by atoms with Gasteiger partial charge in [0, 0.05) is 13.5 Å². The van der Waals surface area contributed by atoms with Gasteiger partial charge in [-0.1, -0.05) is 25.7 Å². The van der Waals surface area contributed by atoms with Crippen LogP contribution in [0.3, 0.4) is 0 Å². The van der Waals surface area contributed by atoms with Crippen LogP contribution in [0.25, 0.3) is 0 Å². The van der Waals surface area contributed by atoms with Crippen LogP contribution in [0.15, 0.2) is 24.3 Å². The quantitative estimate of drug-likeness (QED) is 0.534. The molecule has 6 nitrogen and oxygen atoms in total. The topological polar surface area (TPSA) is 78.9 Å². The lowest BCUT2D eigenvalue weighted by Gasteiger charge is -2.36. The molecule has 4 atom stereocenters. The number of carbonyl (C=O) groups is 2. The minimum Gasteiger partial charge on any atom is -0.459 e. The maximum Gasteiger partial charge on any atom is 0.323 e. The van der Waals surface area contributed by atoms with E-state index in [1.807, 2.05) is 51.7 Å². The molecular weight excluding hydrogens is 332 g/mol. The molecule has 0 spiro atoms. The van der Waals surface area contributed by atoms with E-state index in [2.05, 4.69) is 11.9 Å². The zero-order valence-corrected chi connectivity index (χ0v) is 16.9. The first kappa shape index (κ1) is 22.4. The molecule has 1 aliphatic heterocycles. The van der Waals surface area contributed by atoms with Gasteiger partial charge in [-0.15, -0.1) is 0 Å². The Hall–Kier alpha value is -1.66. The van der Waals surface area contributed by atoms with Gasteiger partial charge in [-0.25, -0.2) is 0 Å². The van der Waals surface area contributed by atoms with Crippen molar-refractivity contribution in [3.8, 4) is 0 Å². The van der Waals surface area contributed by atoms with Crippen molar-refractivity contribution >= 4 is 11.9 Å². The first-order chi connectivity index (χ1) is 12.0. The molecule has 1 aliphatic rings. The number of aliphatic hydroxyl groups excluding tert-OH is 1. The summed E-state index contributed by atoms with van der Waals surface area (Å²) in [7, 11) is 0. The summed E-state index contributed by atoms with van der Waals surface area (Å²) in [6.45, 7) is 15.2. The number of likely N-dealkylation sites (tertiary alicyclic amines) is 1. The first-order valence-electron chi connectivity index (χ1n) is 9.24. The fourth-order valence-corrected chi connectivity index (χ4v) is 3.20. The molecule has 0 aliphatic carbocycles. The lowest BCUT2D eigenvalue weighted by Crippen LogP contribution is -2.58. The van der Waals surface area contributed by atoms with Crippen LogP contribution in [-0.2, 0) is 14.3 Å². The molecule has 2 N–H and O–H groups in total. The van der Waals surface area contributed by atoms with Gasteiger partial charge in [0.05, 0.1) is 0 Å². The summed E-state index contributed by atoms with van der Waals surface area (Å²) in [6, 6.07) is -0.536. The summed E-state index contributed by atoms with van der Waals surface area (Å²) in [5.74, 6) is -0.458. The number of esters is 1. The highest BCUT2D eigenvalue weighted by Crippen LogP contribution is 2.30. The first-order valence-corrected chi connectivity index (χ1v) is 9.24. The van der Waals surface area contributed by atoms with E-state index >= 15 is 0 Å². The van der Waals surface area contributed by atoms with Crippen LogP contribution >= 0.6 is 0 Å². The summed E-state index contributed by atoms with van der Waals surface area (Å²) < 4.78 is 5.58. The largest absolute Gasteiger partial charge is 0.459 e. The molecule has 6 heteroatoms. The van der Waals surface area contributed by atoms with E-state index in [1.165, 1.54) is 6.92 Å². The normalized spacial score (nSPS) is 23.7. The van der Waals surface area contributed by atoms with E-state index in [4.69, 9.17) is 4.74 Å². The Morgan fingerprint density at radius 1 is 1.42 bits per heavy atom. The van der Waals surface area contributed by atoms with E-state index in [1.54, 1.807) is 0 Å². The van der Waals surface area contributed by atoms with Crippen molar-refractivity contribution in [3.63, 3.8) is 0 Å². The maximum atomic E-state index is 12.8. The van der Waals surface area contributed by atoms with Crippen LogP contribution < -0.4 is 5.32 Å². The minimum atomic E-state index is -0.960. The Morgan fingerprint density at radius 2 is 2.04 bits per heavy atom. The molecule has 0 aromatic carbocycles. The molecule has 0 radical (unpaired) electrons. The number of hydrogen-bond donors (Lipinski definition) is 2. The van der Waals surface area contributed by atoms with E-state index in [-0.39, 0.29) is 17.8 Å². The van der Waals surface area contributed by atoms with Gasteiger partial charge in [-0.05, 0) is 52.0 Å². The van der Waals surface area contributed by atoms with Gasteiger partial charge in [-0.2, -0.15) is 0 Å². The summed E-state index contributed by atoms with van der Waals surface area (Å²) in [6.07, 6.45) is 3.49. The Kier molecular flexibility index (Phi) is 8.03. The molecule has 148 valence electrons. The van der Waals surface area contributed by atoms with Crippen LogP contribution in [0.5, 0.6) is 0 Å². The number of amides is 1. The van der Waals surface area contributed by atoms with Crippen molar-refractivity contribution in [3.05, 3.63) is 24.3 Å². The molecule has 1 heterocycles. The number of allylic oxidation sites excluding steroid dienone is 1. The number of ether oxygens (including phenoxy) is 1. The lowest BCUT2D eigenvalue weighted by atomic mass is 10.0. The fraction of sp³-hybridized carbons (Fsp3) is 0.700. The van der Waals surface area contributed by atoms with Gasteiger partial charge >= 0.3 is 5.97 Å². The second-order valence-corrected chi connectivity index (χ2v) is 7.87. The smallest absolute Gasteiger partial charge is 0.323 e. The van der Waals surface area contributed by atoms with Gasteiger partial charge in [0.1, 0.15) is 23.9 Å². The molecule has 26 heavy (non-hydrogen) atoms. The second-order valence-electron chi connectivity index (χ2n) is 7.87. The SMILES string of the molecule is C=C(CC)C(O)C(NC(C)=O)N1CC(/C=C\C)CC1C(=O)OC(C)(C)C. The minimum absolute atomic E-state index is 0.149. The molecule has 1 amide bonds. The van der Waals surface area contributed by atoms with Crippen molar-refractivity contribution < 1.29 is 19.4 Å². The van der Waals surface area contributed by atoms with E-state index < -0.39 is 23.9 Å². The Balaban J connectivity index is 3.17. The van der Waals surface area contributed by atoms with Crippen LogP contribution in [0.2, 0.25) is 0 Å². The lowest BCUT2D eigenvalue weighted by molar-refractivity contribution is -0.162. The summed E-state index contributed by atoms with van der Waals surface area (Å²) in [4.78, 5) is 26.3. The molecule has 1 fully saturated rings. The molecule has 0 aromatic rings. The van der Waals surface area contributed by atoms with Gasteiger partial charge in [0.25, 0.3) is 0 Å². The van der Waals surface area contributed by atoms with Crippen LogP contribution in [0.1, 0.15) is 54.4 Å². The summed E-state index contributed by atoms with van der Waals surface area (Å²) >= 11 is 0. The third-order valence-corrected chi connectivity index (χ3v) is 4.40. The van der Waals surface area contributed by atoms with Crippen molar-refractivity contribution in [1.82, 2.24) is 10.2 Å². The van der Waals surface area contributed by atoms with Gasteiger partial charge in [-0.3, -0.25) is 14.5 Å². The monoisotopic (exact) mass is 366 g/mol. The molecule has 0 saturated carbocycles. The zero-order valence-electron chi connectivity index (χ0n) is 16.9. The molecular formula is C20H34N2O4. The highest BCUT2D eigenvalue weighted by Gasteiger charge is 2.44. The van der Waals surface area contributed by atoms with Crippen molar-refractivity contribution in [2.45, 2.75) is 78.3 Å². The molecule has 0 bridgehead atoms. The molecule has 1 saturated heterocycles. The van der Waals surface area contributed by atoms with E-state index in [0.29, 0.717) is 25.0 Å². The second kappa shape index (κ2) is 9.33. The van der Waals surface area contributed by atoms with Crippen molar-refractivity contribution in [1.29, 1.82) is 0 Å². The Morgan fingerprint density at radius 3 is 2.50 bits per heavy atom. The predicted octanol–water partition coefficient (Wildman–Crippen LogP) is 2.38. The zero-order chi connectivity index (χ0) is 20.1. The third-order valence-electron chi connectivity index (χ3n) is 4.40. The highest BCUT2D eigenvalue weighted by atomic mass is 16.6. The predicted molar refractivity (Wildman–Crippen MR) is 102 cm³/mol. The van der Waals surface area contributed by atoms with Crippen molar-refractivity contribution in [2.75, 3.05) is 6.54 Å². The number of hydrogen-bond acceptors (Lipinski definition) is 5. The Bertz CT molecular complexity index is 551. The number of nitrogens with one attached hydrogen (secondary N) is 1. The average molecular weight is 367 g/mol. The van der Waals surface area contributed by atoms with E-state index in [9.17, 15) is 14.7 Å². The van der Waals surface area contributed by atoms with Crippen LogP contribution in [0, 0.1) is 5.92 Å². The van der Waals surface area contributed by atoms with Gasteiger partial charge in [0.15, 0.2) is 0 Å².